The van der Waals surface area contributed by atoms with Gasteiger partial charge in [-0.1, -0.05) is 120 Å². The summed E-state index contributed by atoms with van der Waals surface area (Å²) in [5.41, 5.74) is 2.19. The minimum Gasteiger partial charge on any atom is -0.463 e. The molecule has 0 aliphatic rings. The molecule has 3 nitrogen and oxygen atoms in total. The molecule has 0 atom stereocenters. The van der Waals surface area contributed by atoms with E-state index in [2.05, 4.69) is 24.0 Å². The van der Waals surface area contributed by atoms with E-state index in [9.17, 15) is 4.79 Å². The summed E-state index contributed by atoms with van der Waals surface area (Å²) in [6.07, 6.45) is 19.8. The molecule has 3 heteroatoms. The van der Waals surface area contributed by atoms with E-state index in [0.29, 0.717) is 6.42 Å². The molecule has 2 aromatic rings. The Morgan fingerprint density at radius 2 is 1.24 bits per heavy atom. The molecule has 1 heterocycles. The maximum Gasteiger partial charge on any atom is 0.306 e. The molecule has 0 bridgehead atoms. The molecule has 184 valence electrons. The van der Waals surface area contributed by atoms with Crippen LogP contribution in [0.1, 0.15) is 111 Å². The van der Waals surface area contributed by atoms with E-state index in [1.165, 1.54) is 77.0 Å². The number of ether oxygens (including phenoxy) is 1. The summed E-state index contributed by atoms with van der Waals surface area (Å²) in [6.45, 7) is 6.08. The SMILES string of the molecule is CCCCCCCCCCCCCCCC(=O)OC(C)C.c1ccc(-c2ccccn2)cc1. The van der Waals surface area contributed by atoms with Crippen LogP contribution in [0.4, 0.5) is 0 Å². The fraction of sp³-hybridized carbons (Fsp3) is 0.600. The van der Waals surface area contributed by atoms with E-state index in [4.69, 9.17) is 4.74 Å². The van der Waals surface area contributed by atoms with Gasteiger partial charge in [-0.05, 0) is 32.4 Å². The van der Waals surface area contributed by atoms with Crippen LogP contribution in [0.5, 0.6) is 0 Å². The Morgan fingerprint density at radius 1 is 0.727 bits per heavy atom. The molecule has 0 radical (unpaired) electrons. The van der Waals surface area contributed by atoms with Crippen LogP contribution >= 0.6 is 0 Å². The average molecular weight is 454 g/mol. The summed E-state index contributed by atoms with van der Waals surface area (Å²) in [5.74, 6) is -0.0342. The van der Waals surface area contributed by atoms with Gasteiger partial charge in [0, 0.05) is 18.2 Å². The Balaban J connectivity index is 0.000000377. The van der Waals surface area contributed by atoms with Crippen LogP contribution in [0.3, 0.4) is 0 Å². The third-order valence-corrected chi connectivity index (χ3v) is 5.59. The lowest BCUT2D eigenvalue weighted by atomic mass is 10.0. The second-order valence-electron chi connectivity index (χ2n) is 9.11. The van der Waals surface area contributed by atoms with E-state index in [-0.39, 0.29) is 12.1 Å². The Kier molecular flexibility index (Phi) is 17.9. The Hall–Kier alpha value is -2.16. The lowest BCUT2D eigenvalue weighted by Crippen LogP contribution is -2.10. The van der Waals surface area contributed by atoms with Gasteiger partial charge in [-0.15, -0.1) is 0 Å². The number of unbranched alkanes of at least 4 members (excludes halogenated alkanes) is 12. The summed E-state index contributed by atoms with van der Waals surface area (Å²) in [4.78, 5) is 15.6. The van der Waals surface area contributed by atoms with Crippen LogP contribution in [0.15, 0.2) is 54.7 Å². The van der Waals surface area contributed by atoms with E-state index in [1.54, 1.807) is 0 Å². The van der Waals surface area contributed by atoms with Crippen molar-refractivity contribution in [2.75, 3.05) is 0 Å². The minimum atomic E-state index is -0.0342. The van der Waals surface area contributed by atoms with Gasteiger partial charge < -0.3 is 4.74 Å². The summed E-state index contributed by atoms with van der Waals surface area (Å²) < 4.78 is 5.12. The van der Waals surface area contributed by atoms with E-state index < -0.39 is 0 Å². The van der Waals surface area contributed by atoms with Gasteiger partial charge in [0.2, 0.25) is 0 Å². The highest BCUT2D eigenvalue weighted by Crippen LogP contribution is 2.15. The molecule has 0 aliphatic carbocycles. The lowest BCUT2D eigenvalue weighted by Gasteiger charge is -2.07. The Bertz CT molecular complexity index is 647. The minimum absolute atomic E-state index is 0.0273. The molecule has 0 N–H and O–H groups in total. The zero-order chi connectivity index (χ0) is 24.0. The van der Waals surface area contributed by atoms with Crippen molar-refractivity contribution in [3.05, 3.63) is 54.7 Å². The molecule has 0 unspecified atom stereocenters. The second kappa shape index (κ2) is 20.4. The number of aromatic nitrogens is 1. The maximum absolute atomic E-state index is 11.3. The van der Waals surface area contributed by atoms with Crippen molar-refractivity contribution in [1.29, 1.82) is 0 Å². The smallest absolute Gasteiger partial charge is 0.306 e. The van der Waals surface area contributed by atoms with Gasteiger partial charge in [0.25, 0.3) is 0 Å². The highest BCUT2D eigenvalue weighted by atomic mass is 16.5. The normalized spacial score (nSPS) is 10.5. The number of hydrogen-bond donors (Lipinski definition) is 0. The number of esters is 1. The first-order valence-corrected chi connectivity index (χ1v) is 13.3. The van der Waals surface area contributed by atoms with Gasteiger partial charge in [-0.2, -0.15) is 0 Å². The molecule has 0 spiro atoms. The van der Waals surface area contributed by atoms with Crippen LogP contribution in [0.25, 0.3) is 11.3 Å². The number of nitrogens with zero attached hydrogens (tertiary/aromatic N) is 1. The first-order valence-electron chi connectivity index (χ1n) is 13.3. The summed E-state index contributed by atoms with van der Waals surface area (Å²) >= 11 is 0. The van der Waals surface area contributed by atoms with Crippen molar-refractivity contribution in [3.63, 3.8) is 0 Å². The van der Waals surface area contributed by atoms with E-state index in [1.807, 2.05) is 56.4 Å². The first-order chi connectivity index (χ1) is 16.1. The summed E-state index contributed by atoms with van der Waals surface area (Å²) in [7, 11) is 0. The third-order valence-electron chi connectivity index (χ3n) is 5.59. The monoisotopic (exact) mass is 453 g/mol. The number of carbonyl (C=O) groups is 1. The van der Waals surface area contributed by atoms with Crippen molar-refractivity contribution < 1.29 is 9.53 Å². The molecule has 1 aromatic heterocycles. The van der Waals surface area contributed by atoms with Crippen LogP contribution < -0.4 is 0 Å². The molecule has 0 saturated heterocycles. The number of hydrogen-bond acceptors (Lipinski definition) is 3. The van der Waals surface area contributed by atoms with Crippen molar-refractivity contribution in [2.45, 2.75) is 117 Å². The number of rotatable bonds is 16. The van der Waals surface area contributed by atoms with Crippen molar-refractivity contribution in [1.82, 2.24) is 4.98 Å². The van der Waals surface area contributed by atoms with Gasteiger partial charge in [-0.25, -0.2) is 0 Å². The molecule has 0 aliphatic heterocycles. The molecule has 2 rings (SSSR count). The van der Waals surface area contributed by atoms with Gasteiger partial charge in [0.1, 0.15) is 0 Å². The van der Waals surface area contributed by atoms with Gasteiger partial charge in [0.05, 0.1) is 11.8 Å². The van der Waals surface area contributed by atoms with Gasteiger partial charge in [0.15, 0.2) is 0 Å². The average Bonchev–Trinajstić information content (AvgIpc) is 2.83. The highest BCUT2D eigenvalue weighted by molar-refractivity contribution is 5.69. The third kappa shape index (κ3) is 17.0. The molecule has 1 aromatic carbocycles. The standard InChI is InChI=1S/C19H38O2.C11H9N/c1-4-5-6-7-8-9-10-11-12-13-14-15-16-17-19(20)21-18(2)3;1-2-6-10(7-3-1)11-8-4-5-9-12-11/h18H,4-17H2,1-3H3;1-9H. The maximum atomic E-state index is 11.3. The molecule has 0 amide bonds. The van der Waals surface area contributed by atoms with Gasteiger partial charge >= 0.3 is 5.97 Å². The Labute approximate surface area is 203 Å². The summed E-state index contributed by atoms with van der Waals surface area (Å²) in [6, 6.07) is 16.1. The molecule has 0 saturated carbocycles. The quantitative estimate of drug-likeness (QED) is 0.188. The second-order valence-corrected chi connectivity index (χ2v) is 9.11. The zero-order valence-electron chi connectivity index (χ0n) is 21.4. The van der Waals surface area contributed by atoms with Crippen molar-refractivity contribution >= 4 is 5.97 Å². The van der Waals surface area contributed by atoms with Crippen LogP contribution in [0, 0.1) is 0 Å². The number of pyridine rings is 1. The highest BCUT2D eigenvalue weighted by Gasteiger charge is 2.04. The van der Waals surface area contributed by atoms with Gasteiger partial charge in [-0.3, -0.25) is 9.78 Å². The van der Waals surface area contributed by atoms with Crippen LogP contribution in [-0.2, 0) is 9.53 Å². The molecular formula is C30H47NO2. The van der Waals surface area contributed by atoms with E-state index in [0.717, 1.165) is 17.7 Å². The molecule has 0 fully saturated rings. The van der Waals surface area contributed by atoms with Crippen LogP contribution in [0.2, 0.25) is 0 Å². The van der Waals surface area contributed by atoms with E-state index >= 15 is 0 Å². The van der Waals surface area contributed by atoms with Crippen LogP contribution in [-0.4, -0.2) is 17.1 Å². The summed E-state index contributed by atoms with van der Waals surface area (Å²) in [5, 5.41) is 0. The fourth-order valence-corrected chi connectivity index (χ4v) is 3.75. The largest absolute Gasteiger partial charge is 0.463 e. The number of benzene rings is 1. The zero-order valence-corrected chi connectivity index (χ0v) is 21.4. The molecule has 33 heavy (non-hydrogen) atoms. The van der Waals surface area contributed by atoms with Crippen molar-refractivity contribution in [2.24, 2.45) is 0 Å². The predicted molar refractivity (Wildman–Crippen MR) is 141 cm³/mol. The fourth-order valence-electron chi connectivity index (χ4n) is 3.75. The first kappa shape index (κ1) is 28.9. The number of carbonyl (C=O) groups excluding carboxylic acids is 1. The van der Waals surface area contributed by atoms with Crippen molar-refractivity contribution in [3.8, 4) is 11.3 Å². The predicted octanol–water partition coefficient (Wildman–Crippen LogP) is 9.17. The lowest BCUT2D eigenvalue weighted by molar-refractivity contribution is -0.147. The topological polar surface area (TPSA) is 39.2 Å². The molecular weight excluding hydrogens is 406 g/mol. The Morgan fingerprint density at radius 3 is 1.73 bits per heavy atom.